The van der Waals surface area contributed by atoms with Crippen LogP contribution in [0, 0.1) is 6.92 Å². The third-order valence-corrected chi connectivity index (χ3v) is 4.68. The van der Waals surface area contributed by atoms with Crippen LogP contribution in [0.2, 0.25) is 0 Å². The fraction of sp³-hybridized carbons (Fsp3) is 0.125. The number of hydrogen-bond donors (Lipinski definition) is 3. The Hall–Kier alpha value is -2.91. The van der Waals surface area contributed by atoms with Crippen molar-refractivity contribution in [2.45, 2.75) is 11.8 Å². The predicted octanol–water partition coefficient (Wildman–Crippen LogP) is 1.23. The molecule has 0 spiro atoms. The average molecular weight is 361 g/mol. The normalized spacial score (nSPS) is 13.4. The first kappa shape index (κ1) is 16.9. The smallest absolute Gasteiger partial charge is 0.262 e. The number of aryl methyl sites for hydroxylation is 1. The lowest BCUT2D eigenvalue weighted by molar-refractivity contribution is -0.118. The molecule has 2 aromatic carbocycles. The lowest BCUT2D eigenvalue weighted by Gasteiger charge is -2.18. The van der Waals surface area contributed by atoms with Crippen LogP contribution < -0.4 is 20.5 Å². The van der Waals surface area contributed by atoms with Crippen molar-refractivity contribution < 1.29 is 22.7 Å². The number of rotatable bonds is 3. The van der Waals surface area contributed by atoms with Crippen LogP contribution in [0.3, 0.4) is 0 Å². The number of ether oxygens (including phenoxy) is 1. The van der Waals surface area contributed by atoms with Crippen LogP contribution in [0.5, 0.6) is 5.75 Å². The van der Waals surface area contributed by atoms with Gasteiger partial charge in [0.25, 0.3) is 11.8 Å². The molecular weight excluding hydrogens is 346 g/mol. The molecule has 0 unspecified atom stereocenters. The molecule has 0 radical (unpaired) electrons. The van der Waals surface area contributed by atoms with E-state index >= 15 is 0 Å². The van der Waals surface area contributed by atoms with Crippen molar-refractivity contribution in [3.05, 3.63) is 47.5 Å². The van der Waals surface area contributed by atoms with E-state index in [9.17, 15) is 18.0 Å². The van der Waals surface area contributed by atoms with Gasteiger partial charge in [-0.05, 0) is 42.8 Å². The van der Waals surface area contributed by atoms with Gasteiger partial charge in [0.15, 0.2) is 6.61 Å². The van der Waals surface area contributed by atoms with Gasteiger partial charge < -0.3 is 15.4 Å². The summed E-state index contributed by atoms with van der Waals surface area (Å²) in [4.78, 5) is 23.7. The van der Waals surface area contributed by atoms with Gasteiger partial charge in [-0.1, -0.05) is 6.07 Å². The summed E-state index contributed by atoms with van der Waals surface area (Å²) in [6.45, 7) is 1.54. The minimum Gasteiger partial charge on any atom is -0.482 e. The molecule has 1 aliphatic rings. The third kappa shape index (κ3) is 3.62. The molecule has 9 heteroatoms. The summed E-state index contributed by atoms with van der Waals surface area (Å²) in [6.07, 6.45) is 0. The quantitative estimate of drug-likeness (QED) is 0.757. The summed E-state index contributed by atoms with van der Waals surface area (Å²) >= 11 is 0. The monoisotopic (exact) mass is 361 g/mol. The zero-order valence-corrected chi connectivity index (χ0v) is 14.0. The Balaban J connectivity index is 1.86. The van der Waals surface area contributed by atoms with Gasteiger partial charge in [-0.25, -0.2) is 13.6 Å². The summed E-state index contributed by atoms with van der Waals surface area (Å²) in [7, 11) is -3.89. The molecule has 3 rings (SSSR count). The molecule has 4 N–H and O–H groups in total. The van der Waals surface area contributed by atoms with Crippen molar-refractivity contribution in [1.29, 1.82) is 0 Å². The molecule has 2 aromatic rings. The number of nitrogens with one attached hydrogen (secondary N) is 2. The number of sulfonamides is 1. The van der Waals surface area contributed by atoms with Crippen LogP contribution in [-0.2, 0) is 14.8 Å². The van der Waals surface area contributed by atoms with Crippen LogP contribution in [-0.4, -0.2) is 26.8 Å². The van der Waals surface area contributed by atoms with Crippen molar-refractivity contribution in [3.63, 3.8) is 0 Å². The lowest BCUT2D eigenvalue weighted by atomic mass is 10.1. The van der Waals surface area contributed by atoms with Crippen molar-refractivity contribution in [1.82, 2.24) is 0 Å². The summed E-state index contributed by atoms with van der Waals surface area (Å²) in [6, 6.07) is 9.03. The number of hydrogen-bond acceptors (Lipinski definition) is 5. The van der Waals surface area contributed by atoms with E-state index in [1.807, 2.05) is 0 Å². The van der Waals surface area contributed by atoms with Gasteiger partial charge in [0, 0.05) is 11.3 Å². The molecule has 0 aromatic heterocycles. The SMILES string of the molecule is Cc1ccc(NC(=O)c2ccc3c(c2)NC(=O)CO3)cc1S(N)(=O)=O. The molecule has 1 heterocycles. The Bertz CT molecular complexity index is 985. The maximum Gasteiger partial charge on any atom is 0.262 e. The van der Waals surface area contributed by atoms with Gasteiger partial charge in [-0.3, -0.25) is 9.59 Å². The molecule has 0 aliphatic carbocycles. The van der Waals surface area contributed by atoms with Gasteiger partial charge in [0.05, 0.1) is 10.6 Å². The second kappa shape index (κ2) is 6.19. The maximum atomic E-state index is 12.4. The molecule has 2 amide bonds. The average Bonchev–Trinajstić information content (AvgIpc) is 2.54. The predicted molar refractivity (Wildman–Crippen MR) is 91.1 cm³/mol. The number of fused-ring (bicyclic) bond motifs is 1. The molecule has 0 atom stereocenters. The van der Waals surface area contributed by atoms with E-state index in [-0.39, 0.29) is 28.7 Å². The first-order chi connectivity index (χ1) is 11.7. The van der Waals surface area contributed by atoms with Gasteiger partial charge in [0.2, 0.25) is 10.0 Å². The van der Waals surface area contributed by atoms with Gasteiger partial charge in [-0.2, -0.15) is 0 Å². The summed E-state index contributed by atoms with van der Waals surface area (Å²) < 4.78 is 28.4. The lowest BCUT2D eigenvalue weighted by Crippen LogP contribution is -2.25. The minimum atomic E-state index is -3.89. The number of carbonyl (C=O) groups excluding carboxylic acids is 2. The molecule has 0 saturated carbocycles. The minimum absolute atomic E-state index is 0.0589. The summed E-state index contributed by atoms with van der Waals surface area (Å²) in [5.74, 6) is -0.295. The molecule has 0 fully saturated rings. The van der Waals surface area contributed by atoms with Crippen LogP contribution in [0.15, 0.2) is 41.3 Å². The summed E-state index contributed by atoms with van der Waals surface area (Å²) in [5.41, 5.74) is 1.45. The van der Waals surface area contributed by atoms with Crippen LogP contribution in [0.1, 0.15) is 15.9 Å². The van der Waals surface area contributed by atoms with Gasteiger partial charge in [-0.15, -0.1) is 0 Å². The summed E-state index contributed by atoms with van der Waals surface area (Å²) in [5, 5.41) is 10.4. The highest BCUT2D eigenvalue weighted by atomic mass is 32.2. The number of nitrogens with two attached hydrogens (primary N) is 1. The molecular formula is C16H15N3O5S. The Morgan fingerprint density at radius 1 is 1.24 bits per heavy atom. The highest BCUT2D eigenvalue weighted by Crippen LogP contribution is 2.29. The number of carbonyl (C=O) groups is 2. The van der Waals surface area contributed by atoms with Crippen molar-refractivity contribution in [2.75, 3.05) is 17.2 Å². The number of amides is 2. The van der Waals surface area contributed by atoms with E-state index in [4.69, 9.17) is 9.88 Å². The van der Waals surface area contributed by atoms with E-state index in [0.29, 0.717) is 17.0 Å². The number of benzene rings is 2. The fourth-order valence-corrected chi connectivity index (χ4v) is 3.22. The first-order valence-corrected chi connectivity index (χ1v) is 8.80. The molecule has 1 aliphatic heterocycles. The van der Waals surface area contributed by atoms with Crippen molar-refractivity contribution in [3.8, 4) is 5.75 Å². The molecule has 8 nitrogen and oxygen atoms in total. The molecule has 0 saturated heterocycles. The van der Waals surface area contributed by atoms with Crippen LogP contribution in [0.25, 0.3) is 0 Å². The standard InChI is InChI=1S/C16H15N3O5S/c1-9-2-4-11(7-14(9)25(17,22)23)18-16(21)10-3-5-13-12(6-10)19-15(20)8-24-13/h2-7H,8H2,1H3,(H,18,21)(H,19,20)(H2,17,22,23). The van der Waals surface area contributed by atoms with E-state index in [1.165, 1.54) is 12.1 Å². The third-order valence-electron chi connectivity index (χ3n) is 3.63. The van der Waals surface area contributed by atoms with E-state index in [0.717, 1.165) is 0 Å². The molecule has 25 heavy (non-hydrogen) atoms. The number of anilines is 2. The highest BCUT2D eigenvalue weighted by molar-refractivity contribution is 7.89. The Labute approximate surface area is 144 Å². The van der Waals surface area contributed by atoms with Crippen molar-refractivity contribution in [2.24, 2.45) is 5.14 Å². The van der Waals surface area contributed by atoms with Crippen molar-refractivity contribution >= 4 is 33.2 Å². The van der Waals surface area contributed by atoms with Gasteiger partial charge >= 0.3 is 0 Å². The van der Waals surface area contributed by atoms with Crippen LogP contribution >= 0.6 is 0 Å². The second-order valence-corrected chi connectivity index (χ2v) is 7.06. The van der Waals surface area contributed by atoms with Gasteiger partial charge in [0.1, 0.15) is 5.75 Å². The van der Waals surface area contributed by atoms with E-state index in [2.05, 4.69) is 10.6 Å². The zero-order chi connectivity index (χ0) is 18.2. The zero-order valence-electron chi connectivity index (χ0n) is 13.2. The first-order valence-electron chi connectivity index (χ1n) is 7.25. The molecule has 130 valence electrons. The number of primary sulfonamides is 1. The topological polar surface area (TPSA) is 128 Å². The highest BCUT2D eigenvalue weighted by Gasteiger charge is 2.18. The Morgan fingerprint density at radius 2 is 2.00 bits per heavy atom. The Kier molecular flexibility index (Phi) is 4.19. The molecule has 0 bridgehead atoms. The fourth-order valence-electron chi connectivity index (χ4n) is 2.41. The second-order valence-electron chi connectivity index (χ2n) is 5.53. The Morgan fingerprint density at radius 3 is 2.72 bits per heavy atom. The maximum absolute atomic E-state index is 12.4. The van der Waals surface area contributed by atoms with Crippen LogP contribution in [0.4, 0.5) is 11.4 Å². The van der Waals surface area contributed by atoms with E-state index in [1.54, 1.807) is 31.2 Å². The van der Waals surface area contributed by atoms with E-state index < -0.39 is 15.9 Å². The largest absolute Gasteiger partial charge is 0.482 e.